The largest absolute Gasteiger partial charge is 0.373 e. The molecule has 0 heterocycles. The van der Waals surface area contributed by atoms with Crippen LogP contribution in [0.4, 0.5) is 0 Å². The van der Waals surface area contributed by atoms with Gasteiger partial charge in [0.1, 0.15) is 0 Å². The lowest BCUT2D eigenvalue weighted by Gasteiger charge is -2.42. The third-order valence-corrected chi connectivity index (χ3v) is 3.10. The SMILES string of the molecule is CC(C)=C(C)N(C)C(C)(C)CC(C)(C)C. The molecule has 0 N–H and O–H groups in total. The van der Waals surface area contributed by atoms with Gasteiger partial charge < -0.3 is 4.90 Å². The van der Waals surface area contributed by atoms with Gasteiger partial charge in [-0.15, -0.1) is 0 Å². The van der Waals surface area contributed by atoms with E-state index in [0.717, 1.165) is 0 Å². The molecule has 0 fully saturated rings. The predicted molar refractivity (Wildman–Crippen MR) is 70.0 cm³/mol. The van der Waals surface area contributed by atoms with E-state index in [9.17, 15) is 0 Å². The van der Waals surface area contributed by atoms with Crippen LogP contribution in [0.5, 0.6) is 0 Å². The van der Waals surface area contributed by atoms with Gasteiger partial charge in [-0.25, -0.2) is 0 Å². The minimum Gasteiger partial charge on any atom is -0.373 e. The summed E-state index contributed by atoms with van der Waals surface area (Å²) < 4.78 is 0. The molecule has 90 valence electrons. The van der Waals surface area contributed by atoms with Crippen molar-refractivity contribution in [2.24, 2.45) is 5.41 Å². The van der Waals surface area contributed by atoms with Crippen LogP contribution in [0.3, 0.4) is 0 Å². The smallest absolute Gasteiger partial charge is 0.0344 e. The Kier molecular flexibility index (Phi) is 4.45. The van der Waals surface area contributed by atoms with E-state index in [0.29, 0.717) is 5.41 Å². The molecule has 0 unspecified atom stereocenters. The molecule has 0 saturated carbocycles. The zero-order valence-corrected chi connectivity index (χ0v) is 12.2. The summed E-state index contributed by atoms with van der Waals surface area (Å²) in [7, 11) is 2.20. The standard InChI is InChI=1S/C14H29N/c1-11(2)12(3)15(9)14(7,8)10-13(4,5)6/h10H2,1-9H3. The molecular weight excluding hydrogens is 182 g/mol. The van der Waals surface area contributed by atoms with Crippen LogP contribution in [-0.4, -0.2) is 17.5 Å². The Morgan fingerprint density at radius 2 is 1.33 bits per heavy atom. The van der Waals surface area contributed by atoms with Crippen LogP contribution in [0.25, 0.3) is 0 Å². The van der Waals surface area contributed by atoms with Crippen LogP contribution in [-0.2, 0) is 0 Å². The van der Waals surface area contributed by atoms with Crippen molar-refractivity contribution in [2.45, 2.75) is 67.3 Å². The van der Waals surface area contributed by atoms with Gasteiger partial charge in [0, 0.05) is 18.3 Å². The molecule has 0 aromatic heterocycles. The molecular formula is C14H29N. The number of allylic oxidation sites excluding steroid dienone is 2. The predicted octanol–water partition coefficient (Wildman–Crippen LogP) is 4.45. The van der Waals surface area contributed by atoms with Crippen LogP contribution in [0.15, 0.2) is 11.3 Å². The minimum atomic E-state index is 0.222. The number of hydrogen-bond donors (Lipinski definition) is 0. The Morgan fingerprint density at radius 1 is 0.933 bits per heavy atom. The fourth-order valence-corrected chi connectivity index (χ4v) is 2.21. The van der Waals surface area contributed by atoms with E-state index >= 15 is 0 Å². The van der Waals surface area contributed by atoms with E-state index in [-0.39, 0.29) is 5.54 Å². The third kappa shape index (κ3) is 4.72. The van der Waals surface area contributed by atoms with Gasteiger partial charge in [-0.2, -0.15) is 0 Å². The van der Waals surface area contributed by atoms with Crippen molar-refractivity contribution in [3.63, 3.8) is 0 Å². The highest BCUT2D eigenvalue weighted by molar-refractivity contribution is 5.08. The van der Waals surface area contributed by atoms with E-state index < -0.39 is 0 Å². The summed E-state index contributed by atoms with van der Waals surface area (Å²) >= 11 is 0. The molecule has 0 aromatic rings. The second-order valence-electron chi connectivity index (χ2n) is 6.69. The molecule has 0 bridgehead atoms. The van der Waals surface area contributed by atoms with Crippen molar-refractivity contribution >= 4 is 0 Å². The summed E-state index contributed by atoms with van der Waals surface area (Å²) in [6, 6.07) is 0. The fraction of sp³-hybridized carbons (Fsp3) is 0.857. The lowest BCUT2D eigenvalue weighted by Crippen LogP contribution is -2.42. The topological polar surface area (TPSA) is 3.24 Å². The van der Waals surface area contributed by atoms with E-state index in [1.807, 2.05) is 0 Å². The van der Waals surface area contributed by atoms with Gasteiger partial charge in [-0.05, 0) is 46.5 Å². The van der Waals surface area contributed by atoms with E-state index in [4.69, 9.17) is 0 Å². The Labute approximate surface area is 96.6 Å². The molecule has 1 nitrogen and oxygen atoms in total. The molecule has 0 radical (unpaired) electrons. The fourth-order valence-electron chi connectivity index (χ4n) is 2.21. The zero-order chi connectivity index (χ0) is 12.4. The molecule has 0 rings (SSSR count). The highest BCUT2D eigenvalue weighted by atomic mass is 15.2. The maximum atomic E-state index is 2.41. The normalized spacial score (nSPS) is 12.6. The van der Waals surface area contributed by atoms with E-state index in [2.05, 4.69) is 67.3 Å². The molecule has 0 saturated heterocycles. The molecule has 0 aliphatic rings. The summed E-state index contributed by atoms with van der Waals surface area (Å²) in [6.07, 6.45) is 1.20. The van der Waals surface area contributed by atoms with Crippen LogP contribution in [0.2, 0.25) is 0 Å². The molecule has 1 heteroatoms. The molecule has 0 aliphatic heterocycles. The Bertz CT molecular complexity index is 237. The first-order chi connectivity index (χ1) is 6.47. The van der Waals surface area contributed by atoms with E-state index in [1.54, 1.807) is 0 Å². The third-order valence-electron chi connectivity index (χ3n) is 3.10. The second-order valence-corrected chi connectivity index (χ2v) is 6.69. The first-order valence-corrected chi connectivity index (χ1v) is 5.85. The van der Waals surface area contributed by atoms with Crippen molar-refractivity contribution in [2.75, 3.05) is 7.05 Å². The van der Waals surface area contributed by atoms with Crippen LogP contribution < -0.4 is 0 Å². The molecule has 0 amide bonds. The second kappa shape index (κ2) is 4.59. The lowest BCUT2D eigenvalue weighted by molar-refractivity contribution is 0.135. The minimum absolute atomic E-state index is 0.222. The maximum Gasteiger partial charge on any atom is 0.0344 e. The van der Waals surface area contributed by atoms with Crippen LogP contribution in [0.1, 0.15) is 61.8 Å². The van der Waals surface area contributed by atoms with Crippen molar-refractivity contribution < 1.29 is 0 Å². The summed E-state index contributed by atoms with van der Waals surface area (Å²) in [4.78, 5) is 2.41. The molecule has 0 atom stereocenters. The van der Waals surface area contributed by atoms with Gasteiger partial charge in [-0.1, -0.05) is 26.3 Å². The monoisotopic (exact) mass is 211 g/mol. The van der Waals surface area contributed by atoms with Crippen LogP contribution in [0, 0.1) is 5.41 Å². The summed E-state index contributed by atoms with van der Waals surface area (Å²) in [5, 5.41) is 0. The van der Waals surface area contributed by atoms with Gasteiger partial charge in [0.2, 0.25) is 0 Å². The van der Waals surface area contributed by atoms with Gasteiger partial charge in [0.25, 0.3) is 0 Å². The quantitative estimate of drug-likeness (QED) is 0.667. The average Bonchev–Trinajstić information content (AvgIpc) is 1.96. The Morgan fingerprint density at radius 3 is 1.60 bits per heavy atom. The van der Waals surface area contributed by atoms with Crippen molar-refractivity contribution in [1.29, 1.82) is 0 Å². The maximum absolute atomic E-state index is 2.41. The van der Waals surface area contributed by atoms with Crippen molar-refractivity contribution in [1.82, 2.24) is 4.90 Å². The Hall–Kier alpha value is -0.460. The summed E-state index contributed by atoms with van der Waals surface area (Å²) in [6.45, 7) is 18.1. The lowest BCUT2D eigenvalue weighted by atomic mass is 9.80. The average molecular weight is 211 g/mol. The number of hydrogen-bond acceptors (Lipinski definition) is 1. The van der Waals surface area contributed by atoms with Crippen LogP contribution >= 0.6 is 0 Å². The van der Waals surface area contributed by atoms with Crippen molar-refractivity contribution in [3.05, 3.63) is 11.3 Å². The van der Waals surface area contributed by atoms with Gasteiger partial charge in [0.15, 0.2) is 0 Å². The highest BCUT2D eigenvalue weighted by Gasteiger charge is 2.29. The molecule has 15 heavy (non-hydrogen) atoms. The summed E-state index contributed by atoms with van der Waals surface area (Å²) in [5.74, 6) is 0. The van der Waals surface area contributed by atoms with Crippen molar-refractivity contribution in [3.8, 4) is 0 Å². The Balaban J connectivity index is 4.82. The van der Waals surface area contributed by atoms with Gasteiger partial charge >= 0.3 is 0 Å². The molecule has 0 aliphatic carbocycles. The highest BCUT2D eigenvalue weighted by Crippen LogP contribution is 2.32. The number of nitrogens with zero attached hydrogens (tertiary/aromatic N) is 1. The molecule has 0 spiro atoms. The first kappa shape index (κ1) is 14.5. The first-order valence-electron chi connectivity index (χ1n) is 5.85. The van der Waals surface area contributed by atoms with Gasteiger partial charge in [0.05, 0.1) is 0 Å². The number of rotatable bonds is 3. The molecule has 0 aromatic carbocycles. The van der Waals surface area contributed by atoms with Gasteiger partial charge in [-0.3, -0.25) is 0 Å². The zero-order valence-electron chi connectivity index (χ0n) is 12.2. The summed E-state index contributed by atoms with van der Waals surface area (Å²) in [5.41, 5.74) is 3.39. The van der Waals surface area contributed by atoms with E-state index in [1.165, 1.54) is 17.7 Å².